The van der Waals surface area contributed by atoms with Crippen LogP contribution in [0.15, 0.2) is 28.7 Å². The first-order valence-electron chi connectivity index (χ1n) is 6.64. The lowest BCUT2D eigenvalue weighted by molar-refractivity contribution is -0.137. The highest BCUT2D eigenvalue weighted by molar-refractivity contribution is 9.10. The minimum Gasteiger partial charge on any atom is -0.380 e. The third kappa shape index (κ3) is 3.26. The molecule has 2 aromatic rings. The zero-order valence-electron chi connectivity index (χ0n) is 11.1. The molecule has 21 heavy (non-hydrogen) atoms. The van der Waals surface area contributed by atoms with E-state index in [0.29, 0.717) is 11.0 Å². The van der Waals surface area contributed by atoms with Gasteiger partial charge in [-0.05, 0) is 49.1 Å². The number of thiophene rings is 1. The second-order valence-electron chi connectivity index (χ2n) is 5.06. The molecule has 6 heteroatoms. The largest absolute Gasteiger partial charge is 0.418 e. The molecule has 0 saturated carbocycles. The Bertz CT molecular complexity index is 642. The number of nitrogens with one attached hydrogen (secondary N) is 1. The first-order valence-corrected chi connectivity index (χ1v) is 8.25. The van der Waals surface area contributed by atoms with E-state index < -0.39 is 11.7 Å². The van der Waals surface area contributed by atoms with Crippen molar-refractivity contribution in [1.29, 1.82) is 0 Å². The summed E-state index contributed by atoms with van der Waals surface area (Å²) in [5.74, 6) is 0. The van der Waals surface area contributed by atoms with Gasteiger partial charge in [0, 0.05) is 26.5 Å². The van der Waals surface area contributed by atoms with Crippen molar-refractivity contribution >= 4 is 33.0 Å². The number of rotatable bonds is 3. The van der Waals surface area contributed by atoms with E-state index in [1.54, 1.807) is 11.3 Å². The highest BCUT2D eigenvalue weighted by Crippen LogP contribution is 2.37. The summed E-state index contributed by atoms with van der Waals surface area (Å²) < 4.78 is 39.6. The average Bonchev–Trinajstić information content (AvgIpc) is 2.95. The molecule has 0 aliphatic heterocycles. The molecule has 0 amide bonds. The molecule has 1 aliphatic rings. The van der Waals surface area contributed by atoms with Gasteiger partial charge in [-0.15, -0.1) is 11.3 Å². The van der Waals surface area contributed by atoms with Crippen LogP contribution in [0.3, 0.4) is 0 Å². The van der Waals surface area contributed by atoms with Crippen LogP contribution in [-0.4, -0.2) is 0 Å². The fourth-order valence-corrected chi connectivity index (χ4v) is 4.13. The van der Waals surface area contributed by atoms with Crippen molar-refractivity contribution in [3.05, 3.63) is 49.6 Å². The summed E-state index contributed by atoms with van der Waals surface area (Å²) in [7, 11) is 0. The lowest BCUT2D eigenvalue weighted by Gasteiger charge is -2.14. The minimum absolute atomic E-state index is 0.116. The molecule has 0 atom stereocenters. The van der Waals surface area contributed by atoms with Crippen LogP contribution < -0.4 is 5.32 Å². The molecule has 1 nitrogen and oxygen atoms in total. The van der Waals surface area contributed by atoms with Crippen LogP contribution in [-0.2, 0) is 25.6 Å². The van der Waals surface area contributed by atoms with Gasteiger partial charge in [-0.3, -0.25) is 0 Å². The van der Waals surface area contributed by atoms with Crippen molar-refractivity contribution < 1.29 is 13.2 Å². The molecule has 1 aromatic carbocycles. The number of benzene rings is 1. The van der Waals surface area contributed by atoms with Gasteiger partial charge in [0.05, 0.1) is 5.56 Å². The smallest absolute Gasteiger partial charge is 0.380 e. The van der Waals surface area contributed by atoms with E-state index in [4.69, 9.17) is 0 Å². The van der Waals surface area contributed by atoms with Gasteiger partial charge < -0.3 is 5.32 Å². The Morgan fingerprint density at radius 1 is 1.19 bits per heavy atom. The zero-order chi connectivity index (χ0) is 15.0. The maximum atomic E-state index is 13.0. The van der Waals surface area contributed by atoms with Crippen LogP contribution in [0.1, 0.15) is 27.3 Å². The maximum absolute atomic E-state index is 13.0. The Morgan fingerprint density at radius 3 is 2.71 bits per heavy atom. The van der Waals surface area contributed by atoms with E-state index in [9.17, 15) is 13.2 Å². The van der Waals surface area contributed by atoms with Crippen LogP contribution in [0.5, 0.6) is 0 Å². The molecule has 1 aliphatic carbocycles. The number of hydrogen-bond acceptors (Lipinski definition) is 2. The molecule has 112 valence electrons. The topological polar surface area (TPSA) is 12.0 Å². The van der Waals surface area contributed by atoms with Gasteiger partial charge in [0.2, 0.25) is 0 Å². The van der Waals surface area contributed by atoms with Crippen molar-refractivity contribution in [3.63, 3.8) is 0 Å². The van der Waals surface area contributed by atoms with Crippen LogP contribution in [0, 0.1) is 0 Å². The summed E-state index contributed by atoms with van der Waals surface area (Å²) in [6.45, 7) is 0.428. The highest BCUT2D eigenvalue weighted by Gasteiger charge is 2.33. The summed E-state index contributed by atoms with van der Waals surface area (Å²) in [5.41, 5.74) is 0.849. The van der Waals surface area contributed by atoms with Crippen molar-refractivity contribution in [2.75, 3.05) is 5.32 Å². The molecule has 3 rings (SSSR count). The van der Waals surface area contributed by atoms with Gasteiger partial charge in [-0.2, -0.15) is 13.2 Å². The Balaban J connectivity index is 1.79. The highest BCUT2D eigenvalue weighted by atomic mass is 79.9. The molecular formula is C15H13BrF3NS. The molecule has 0 fully saturated rings. The predicted octanol–water partition coefficient (Wildman–Crippen LogP) is 5.63. The van der Waals surface area contributed by atoms with E-state index in [1.165, 1.54) is 29.0 Å². The summed E-state index contributed by atoms with van der Waals surface area (Å²) >= 11 is 4.92. The molecule has 1 heterocycles. The summed E-state index contributed by atoms with van der Waals surface area (Å²) in [6, 6.07) is 6.10. The number of hydrogen-bond donors (Lipinski definition) is 1. The van der Waals surface area contributed by atoms with Crippen molar-refractivity contribution in [2.24, 2.45) is 0 Å². The van der Waals surface area contributed by atoms with E-state index >= 15 is 0 Å². The number of aryl methyl sites for hydroxylation is 2. The number of halogens is 4. The van der Waals surface area contributed by atoms with Gasteiger partial charge in [0.1, 0.15) is 0 Å². The minimum atomic E-state index is -4.35. The third-order valence-corrected chi connectivity index (χ3v) is 5.27. The number of anilines is 1. The first kappa shape index (κ1) is 14.9. The molecule has 0 bridgehead atoms. The molecule has 0 spiro atoms. The van der Waals surface area contributed by atoms with Crippen LogP contribution in [0.4, 0.5) is 18.9 Å². The van der Waals surface area contributed by atoms with Gasteiger partial charge >= 0.3 is 6.18 Å². The fraction of sp³-hybridized carbons (Fsp3) is 0.333. The molecule has 1 N–H and O–H groups in total. The maximum Gasteiger partial charge on any atom is 0.418 e. The molecule has 0 saturated heterocycles. The molecule has 0 unspecified atom stereocenters. The van der Waals surface area contributed by atoms with Gasteiger partial charge in [-0.1, -0.05) is 15.9 Å². The van der Waals surface area contributed by atoms with E-state index in [0.717, 1.165) is 23.8 Å². The molecule has 0 radical (unpaired) electrons. The van der Waals surface area contributed by atoms with Crippen LogP contribution in [0.2, 0.25) is 0 Å². The number of fused-ring (bicyclic) bond motifs is 1. The van der Waals surface area contributed by atoms with Crippen molar-refractivity contribution in [1.82, 2.24) is 0 Å². The Morgan fingerprint density at radius 2 is 2.00 bits per heavy atom. The lowest BCUT2D eigenvalue weighted by Crippen LogP contribution is -2.10. The Hall–Kier alpha value is -1.01. The summed E-state index contributed by atoms with van der Waals surface area (Å²) in [6.07, 6.45) is -0.958. The summed E-state index contributed by atoms with van der Waals surface area (Å²) in [4.78, 5) is 2.48. The monoisotopic (exact) mass is 375 g/mol. The van der Waals surface area contributed by atoms with Crippen molar-refractivity contribution in [2.45, 2.75) is 32.0 Å². The lowest BCUT2D eigenvalue weighted by atomic mass is 10.1. The SMILES string of the molecule is FC(F)(F)c1ccc(Br)cc1NCc1cc2c(s1)CCC2. The predicted molar refractivity (Wildman–Crippen MR) is 82.8 cm³/mol. The Kier molecular flexibility index (Phi) is 4.01. The Labute approximate surface area is 133 Å². The second-order valence-corrected chi connectivity index (χ2v) is 7.19. The quantitative estimate of drug-likeness (QED) is 0.732. The van der Waals surface area contributed by atoms with E-state index in [-0.39, 0.29) is 5.69 Å². The fourth-order valence-electron chi connectivity index (χ4n) is 2.57. The molecule has 1 aromatic heterocycles. The third-order valence-electron chi connectivity index (χ3n) is 3.54. The van der Waals surface area contributed by atoms with Crippen LogP contribution >= 0.6 is 27.3 Å². The van der Waals surface area contributed by atoms with Gasteiger partial charge in [-0.25, -0.2) is 0 Å². The van der Waals surface area contributed by atoms with Gasteiger partial charge in [0.25, 0.3) is 0 Å². The first-order chi connectivity index (χ1) is 9.93. The second kappa shape index (κ2) is 5.65. The van der Waals surface area contributed by atoms with Gasteiger partial charge in [0.15, 0.2) is 0 Å². The van der Waals surface area contributed by atoms with Crippen molar-refractivity contribution in [3.8, 4) is 0 Å². The standard InChI is InChI=1S/C15H13BrF3NS/c16-10-4-5-12(15(17,18)19)13(7-10)20-8-11-6-9-2-1-3-14(9)21-11/h4-7,20H,1-3,8H2. The van der Waals surface area contributed by atoms with E-state index in [1.807, 2.05) is 0 Å². The summed E-state index contributed by atoms with van der Waals surface area (Å²) in [5, 5.41) is 2.93. The molecular weight excluding hydrogens is 363 g/mol. The van der Waals surface area contributed by atoms with Crippen LogP contribution in [0.25, 0.3) is 0 Å². The normalized spacial score (nSPS) is 14.3. The zero-order valence-corrected chi connectivity index (χ0v) is 13.5. The van der Waals surface area contributed by atoms with E-state index in [2.05, 4.69) is 27.3 Å². The number of alkyl halides is 3. The average molecular weight is 376 g/mol.